The van der Waals surface area contributed by atoms with Gasteiger partial charge in [-0.05, 0) is 49.5 Å². The Morgan fingerprint density at radius 3 is 2.70 bits per heavy atom. The summed E-state index contributed by atoms with van der Waals surface area (Å²) in [5, 5.41) is 7.56. The first kappa shape index (κ1) is 31.3. The van der Waals surface area contributed by atoms with Crippen molar-refractivity contribution in [3.05, 3.63) is 71.1 Å². The van der Waals surface area contributed by atoms with Crippen LogP contribution in [0.15, 0.2) is 54.7 Å². The summed E-state index contributed by atoms with van der Waals surface area (Å²) < 4.78 is 19.4. The standard InChI is InChI=1S/C31H38ClFN6O3S/c1-37-13-15-39(16-14-37)12-6-10-24-26(20-42-31(41)36-27-17-21-7-3-4-8-22(21)18-34-27)43-29(24)38(2)30(40)35-19-23-9-5-11-25(33)28(23)32/h3-5,7-9,11,17-18,24,26,29H,6,10,12-16,19-20H2,1-2H3,(H,35,40)(H,34,36,41). The number of carbonyl (C=O) groups is 2. The smallest absolute Gasteiger partial charge is 0.412 e. The molecule has 230 valence electrons. The van der Waals surface area contributed by atoms with E-state index in [0.717, 1.165) is 56.3 Å². The first-order chi connectivity index (χ1) is 20.8. The molecule has 0 aliphatic carbocycles. The summed E-state index contributed by atoms with van der Waals surface area (Å²) in [6.07, 6.45) is 3.06. The second-order valence-corrected chi connectivity index (χ2v) is 12.9. The number of thioether (sulfide) groups is 1. The molecule has 43 heavy (non-hydrogen) atoms. The number of amides is 3. The number of halogens is 2. The van der Waals surface area contributed by atoms with E-state index in [1.807, 2.05) is 30.3 Å². The molecule has 2 saturated heterocycles. The number of hydrogen-bond donors (Lipinski definition) is 2. The zero-order chi connectivity index (χ0) is 30.3. The Labute approximate surface area is 261 Å². The number of carbonyl (C=O) groups excluding carboxylic acids is 2. The molecule has 0 saturated carbocycles. The van der Waals surface area contributed by atoms with Gasteiger partial charge in [0, 0.05) is 62.5 Å². The lowest BCUT2D eigenvalue weighted by Gasteiger charge is -2.48. The van der Waals surface area contributed by atoms with Crippen LogP contribution in [-0.4, -0.2) is 95.9 Å². The number of nitrogens with zero attached hydrogens (tertiary/aromatic N) is 4. The van der Waals surface area contributed by atoms with Gasteiger partial charge in [0.2, 0.25) is 0 Å². The van der Waals surface area contributed by atoms with Crippen LogP contribution in [0.5, 0.6) is 0 Å². The zero-order valence-corrected chi connectivity index (χ0v) is 26.0. The highest BCUT2D eigenvalue weighted by atomic mass is 35.5. The molecule has 2 N–H and O–H groups in total. The van der Waals surface area contributed by atoms with Gasteiger partial charge in [-0.1, -0.05) is 48.0 Å². The highest BCUT2D eigenvalue weighted by Gasteiger charge is 2.45. The van der Waals surface area contributed by atoms with Crippen molar-refractivity contribution in [2.45, 2.75) is 30.0 Å². The van der Waals surface area contributed by atoms with Gasteiger partial charge in [-0.15, -0.1) is 11.8 Å². The molecule has 3 unspecified atom stereocenters. The molecule has 12 heteroatoms. The van der Waals surface area contributed by atoms with E-state index < -0.39 is 11.9 Å². The summed E-state index contributed by atoms with van der Waals surface area (Å²) in [6, 6.07) is 13.9. The predicted molar refractivity (Wildman–Crippen MR) is 170 cm³/mol. The molecule has 0 radical (unpaired) electrons. The van der Waals surface area contributed by atoms with Crippen LogP contribution in [0.25, 0.3) is 10.8 Å². The SMILES string of the molecule is CN1CCN(CCCC2C(COC(=O)Nc3cc4ccccc4cn3)SC2N(C)C(=O)NCc2cccc(F)c2Cl)CC1. The van der Waals surface area contributed by atoms with E-state index >= 15 is 0 Å². The van der Waals surface area contributed by atoms with Crippen molar-refractivity contribution < 1.29 is 18.7 Å². The molecule has 3 aromatic rings. The molecule has 2 aliphatic heterocycles. The highest BCUT2D eigenvalue weighted by Crippen LogP contribution is 2.46. The lowest BCUT2D eigenvalue weighted by Crippen LogP contribution is -2.55. The minimum Gasteiger partial charge on any atom is -0.448 e. The van der Waals surface area contributed by atoms with Crippen molar-refractivity contribution in [3.63, 3.8) is 0 Å². The molecule has 9 nitrogen and oxygen atoms in total. The number of pyridine rings is 1. The molecular weight excluding hydrogens is 591 g/mol. The fourth-order valence-corrected chi connectivity index (χ4v) is 7.23. The molecule has 0 bridgehead atoms. The molecule has 3 amide bonds. The van der Waals surface area contributed by atoms with Crippen LogP contribution in [0.4, 0.5) is 19.8 Å². The number of fused-ring (bicyclic) bond motifs is 1. The second kappa shape index (κ2) is 14.6. The van der Waals surface area contributed by atoms with E-state index in [4.69, 9.17) is 16.3 Å². The normalized spacial score (nSPS) is 20.8. The zero-order valence-electron chi connectivity index (χ0n) is 24.5. The summed E-state index contributed by atoms with van der Waals surface area (Å²) >= 11 is 7.68. The molecule has 3 atom stereocenters. The third-order valence-corrected chi connectivity index (χ3v) is 10.4. The minimum absolute atomic E-state index is 0.0136. The van der Waals surface area contributed by atoms with Gasteiger partial charge < -0.3 is 24.8 Å². The summed E-state index contributed by atoms with van der Waals surface area (Å²) in [4.78, 5) is 36.5. The number of anilines is 1. The lowest BCUT2D eigenvalue weighted by atomic mass is 9.96. The molecule has 1 aromatic heterocycles. The number of ether oxygens (including phenoxy) is 1. The molecule has 3 heterocycles. The maximum Gasteiger partial charge on any atom is 0.412 e. The van der Waals surface area contributed by atoms with Crippen LogP contribution in [0.2, 0.25) is 5.02 Å². The second-order valence-electron chi connectivity index (χ2n) is 11.1. The monoisotopic (exact) mass is 628 g/mol. The van der Waals surface area contributed by atoms with Gasteiger partial charge in [-0.3, -0.25) is 5.32 Å². The van der Waals surface area contributed by atoms with Gasteiger partial charge in [0.25, 0.3) is 0 Å². The highest BCUT2D eigenvalue weighted by molar-refractivity contribution is 8.01. The van der Waals surface area contributed by atoms with Gasteiger partial charge in [0.05, 0.1) is 10.4 Å². The average molecular weight is 629 g/mol. The molecular formula is C31H38ClFN6O3S. The van der Waals surface area contributed by atoms with Gasteiger partial charge in [-0.2, -0.15) is 0 Å². The van der Waals surface area contributed by atoms with Crippen molar-refractivity contribution in [3.8, 4) is 0 Å². The summed E-state index contributed by atoms with van der Waals surface area (Å²) in [5.74, 6) is 0.0685. The Bertz CT molecular complexity index is 1430. The third-order valence-electron chi connectivity index (χ3n) is 8.17. The molecule has 5 rings (SSSR count). The number of likely N-dealkylation sites (N-methyl/N-ethyl adjacent to an activating group) is 1. The third kappa shape index (κ3) is 8.08. The Morgan fingerprint density at radius 1 is 1.14 bits per heavy atom. The van der Waals surface area contributed by atoms with E-state index in [1.54, 1.807) is 42.0 Å². The maximum absolute atomic E-state index is 13.8. The van der Waals surface area contributed by atoms with Gasteiger partial charge in [0.15, 0.2) is 0 Å². The van der Waals surface area contributed by atoms with E-state index in [1.165, 1.54) is 6.07 Å². The number of aromatic nitrogens is 1. The predicted octanol–water partition coefficient (Wildman–Crippen LogP) is 5.50. The fraction of sp³-hybridized carbons (Fsp3) is 0.452. The fourth-order valence-electron chi connectivity index (χ4n) is 5.51. The average Bonchev–Trinajstić information content (AvgIpc) is 3.00. The number of rotatable bonds is 10. The number of benzene rings is 2. The minimum atomic E-state index is -0.555. The van der Waals surface area contributed by atoms with E-state index in [9.17, 15) is 14.0 Å². The molecule has 2 fully saturated rings. The van der Waals surface area contributed by atoms with Crippen LogP contribution in [0.1, 0.15) is 18.4 Å². The summed E-state index contributed by atoms with van der Waals surface area (Å²) in [5.41, 5.74) is 0.520. The first-order valence-electron chi connectivity index (χ1n) is 14.6. The first-order valence-corrected chi connectivity index (χ1v) is 15.9. The Morgan fingerprint density at radius 2 is 1.91 bits per heavy atom. The van der Waals surface area contributed by atoms with Gasteiger partial charge in [0.1, 0.15) is 18.2 Å². The quantitative estimate of drug-likeness (QED) is 0.306. The van der Waals surface area contributed by atoms with Crippen LogP contribution in [0, 0.1) is 11.7 Å². The van der Waals surface area contributed by atoms with Crippen molar-refractivity contribution >= 4 is 52.1 Å². The van der Waals surface area contributed by atoms with Crippen LogP contribution < -0.4 is 10.6 Å². The largest absolute Gasteiger partial charge is 0.448 e. The van der Waals surface area contributed by atoms with Crippen LogP contribution >= 0.6 is 23.4 Å². The van der Waals surface area contributed by atoms with Crippen molar-refractivity contribution in [2.75, 3.05) is 58.7 Å². The topological polar surface area (TPSA) is 90.0 Å². The molecule has 0 spiro atoms. The van der Waals surface area contributed by atoms with Crippen molar-refractivity contribution in [1.82, 2.24) is 25.0 Å². The van der Waals surface area contributed by atoms with E-state index in [2.05, 4.69) is 32.5 Å². The molecule has 2 aromatic carbocycles. The summed E-state index contributed by atoms with van der Waals surface area (Å²) in [7, 11) is 3.91. The number of nitrogens with one attached hydrogen (secondary N) is 2. The number of piperazine rings is 1. The Balaban J connectivity index is 1.15. The van der Waals surface area contributed by atoms with Gasteiger partial charge in [-0.25, -0.2) is 19.0 Å². The lowest BCUT2D eigenvalue weighted by molar-refractivity contribution is 0.128. The number of urea groups is 1. The Hall–Kier alpha value is -3.12. The van der Waals surface area contributed by atoms with Crippen molar-refractivity contribution in [2.24, 2.45) is 5.92 Å². The van der Waals surface area contributed by atoms with Gasteiger partial charge >= 0.3 is 12.1 Å². The Kier molecular flexibility index (Phi) is 10.6. The van der Waals surface area contributed by atoms with Crippen LogP contribution in [-0.2, 0) is 11.3 Å². The van der Waals surface area contributed by atoms with E-state index in [-0.39, 0.29) is 40.7 Å². The van der Waals surface area contributed by atoms with E-state index in [0.29, 0.717) is 11.4 Å². The van der Waals surface area contributed by atoms with Crippen LogP contribution in [0.3, 0.4) is 0 Å². The molecule has 2 aliphatic rings. The summed E-state index contributed by atoms with van der Waals surface area (Å²) in [6.45, 7) is 5.60. The maximum atomic E-state index is 13.8. The van der Waals surface area contributed by atoms with Crippen molar-refractivity contribution in [1.29, 1.82) is 0 Å². The number of hydrogen-bond acceptors (Lipinski definition) is 7.